The van der Waals surface area contributed by atoms with E-state index < -0.39 is 23.1 Å². The zero-order chi connectivity index (χ0) is 35.8. The van der Waals surface area contributed by atoms with Gasteiger partial charge in [-0.15, -0.1) is 0 Å². The first-order chi connectivity index (χ1) is 23.8. The smallest absolute Gasteiger partial charge is 0.423 e. The van der Waals surface area contributed by atoms with Crippen LogP contribution in [-0.2, 0) is 33.6 Å². The van der Waals surface area contributed by atoms with E-state index in [9.17, 15) is 9.59 Å². The fourth-order valence-corrected chi connectivity index (χ4v) is 7.31. The van der Waals surface area contributed by atoms with E-state index in [-0.39, 0.29) is 0 Å². The molecule has 0 saturated heterocycles. The third-order valence-corrected chi connectivity index (χ3v) is 9.88. The third-order valence-electron chi connectivity index (χ3n) is 9.88. The van der Waals surface area contributed by atoms with Crippen molar-refractivity contribution >= 4 is 11.9 Å². The minimum absolute atomic E-state index is 0.291. The Morgan fingerprint density at radius 3 is 1.36 bits per heavy atom. The van der Waals surface area contributed by atoms with E-state index in [4.69, 9.17) is 18.9 Å². The molecule has 0 spiro atoms. The molecule has 0 atom stereocenters. The Bertz CT molecular complexity index is 1810. The SMILES string of the molecule is CCCCCc1cc(OC(=O)C(=O)Oc2cc(CCCCC)cc3c2-c2cc(C)ccc2C(C)(C)O3)c2c(c1)OC(C)(C)c1ccc(C)cc1-2. The number of carbonyl (C=O) groups excluding carboxylic acids is 2. The van der Waals surface area contributed by atoms with Gasteiger partial charge in [-0.25, -0.2) is 9.59 Å². The number of fused-ring (bicyclic) bond motifs is 6. The zero-order valence-corrected chi connectivity index (χ0v) is 30.9. The number of benzene rings is 4. The summed E-state index contributed by atoms with van der Waals surface area (Å²) in [6, 6.07) is 20.2. The zero-order valence-electron chi connectivity index (χ0n) is 30.9. The minimum atomic E-state index is -1.09. The van der Waals surface area contributed by atoms with Crippen LogP contribution in [0.1, 0.15) is 113 Å². The first-order valence-corrected chi connectivity index (χ1v) is 18.2. The average molecular weight is 675 g/mol. The summed E-state index contributed by atoms with van der Waals surface area (Å²) < 4.78 is 25.1. The van der Waals surface area contributed by atoms with Gasteiger partial charge in [-0.3, -0.25) is 0 Å². The number of hydrogen-bond donors (Lipinski definition) is 0. The molecule has 4 aromatic rings. The Morgan fingerprint density at radius 1 is 0.580 bits per heavy atom. The Kier molecular flexibility index (Phi) is 9.85. The van der Waals surface area contributed by atoms with Gasteiger partial charge in [0.2, 0.25) is 0 Å². The number of esters is 2. The van der Waals surface area contributed by atoms with Crippen LogP contribution in [-0.4, -0.2) is 11.9 Å². The molecule has 0 aliphatic carbocycles. The normalized spacial score (nSPS) is 14.6. The van der Waals surface area contributed by atoms with Crippen LogP contribution in [0.5, 0.6) is 23.0 Å². The molecule has 6 rings (SSSR count). The minimum Gasteiger partial charge on any atom is -0.482 e. The number of carbonyl (C=O) groups is 2. The maximum Gasteiger partial charge on any atom is 0.423 e. The molecule has 0 saturated carbocycles. The van der Waals surface area contributed by atoms with Crippen molar-refractivity contribution in [3.05, 3.63) is 94.0 Å². The lowest BCUT2D eigenvalue weighted by atomic mass is 9.84. The van der Waals surface area contributed by atoms with Crippen LogP contribution in [0.25, 0.3) is 22.3 Å². The number of ether oxygens (including phenoxy) is 4. The summed E-state index contributed by atoms with van der Waals surface area (Å²) >= 11 is 0. The molecule has 50 heavy (non-hydrogen) atoms. The van der Waals surface area contributed by atoms with E-state index in [1.54, 1.807) is 0 Å². The number of aryl methyl sites for hydroxylation is 4. The second kappa shape index (κ2) is 14.0. The van der Waals surface area contributed by atoms with E-state index in [1.807, 2.05) is 65.8 Å². The first-order valence-electron chi connectivity index (χ1n) is 18.2. The van der Waals surface area contributed by atoms with Crippen LogP contribution in [0.15, 0.2) is 60.7 Å². The van der Waals surface area contributed by atoms with Gasteiger partial charge in [0.25, 0.3) is 0 Å². The molecule has 4 aromatic carbocycles. The molecule has 0 amide bonds. The van der Waals surface area contributed by atoms with Crippen molar-refractivity contribution in [3.8, 4) is 45.3 Å². The molecule has 0 fully saturated rings. The molecular formula is C44H50O6. The van der Waals surface area contributed by atoms with Crippen molar-refractivity contribution in [2.24, 2.45) is 0 Å². The van der Waals surface area contributed by atoms with Crippen LogP contribution in [0.4, 0.5) is 0 Å². The number of unbranched alkanes of at least 4 members (excludes halogenated alkanes) is 4. The molecule has 2 aliphatic heterocycles. The van der Waals surface area contributed by atoms with E-state index in [0.29, 0.717) is 34.1 Å². The van der Waals surface area contributed by atoms with E-state index in [1.165, 1.54) is 0 Å². The highest BCUT2D eigenvalue weighted by Crippen LogP contribution is 2.52. The Labute approximate surface area is 297 Å². The van der Waals surface area contributed by atoms with Crippen molar-refractivity contribution in [2.45, 2.75) is 118 Å². The Morgan fingerprint density at radius 2 is 0.980 bits per heavy atom. The standard InChI is InChI=1S/C44H50O6/c1-9-11-13-15-29-23-35(39-31-21-27(3)17-19-33(31)43(5,6)49-37(39)25-29)47-41(45)42(46)48-36-24-30(16-14-12-10-2)26-38-40(36)32-22-28(4)18-20-34(32)44(7,8)50-38/h17-26H,9-16H2,1-8H3. The highest BCUT2D eigenvalue weighted by atomic mass is 16.6. The van der Waals surface area contributed by atoms with E-state index in [2.05, 4.69) is 50.2 Å². The molecule has 6 nitrogen and oxygen atoms in total. The third kappa shape index (κ3) is 7.03. The van der Waals surface area contributed by atoms with E-state index >= 15 is 0 Å². The molecule has 0 unspecified atom stereocenters. The van der Waals surface area contributed by atoms with Crippen molar-refractivity contribution in [3.63, 3.8) is 0 Å². The van der Waals surface area contributed by atoms with Crippen LogP contribution in [0, 0.1) is 13.8 Å². The van der Waals surface area contributed by atoms with Crippen molar-refractivity contribution in [2.75, 3.05) is 0 Å². The summed E-state index contributed by atoms with van der Waals surface area (Å²) in [7, 11) is 0. The van der Waals surface area contributed by atoms with Gasteiger partial charge in [-0.05, 0) is 114 Å². The van der Waals surface area contributed by atoms with Crippen molar-refractivity contribution < 1.29 is 28.5 Å². The topological polar surface area (TPSA) is 71.1 Å². The first kappa shape index (κ1) is 35.3. The average Bonchev–Trinajstić information content (AvgIpc) is 3.03. The molecule has 2 aliphatic rings. The fraction of sp³-hybridized carbons (Fsp3) is 0.409. The quantitative estimate of drug-likeness (QED) is 0.0722. The van der Waals surface area contributed by atoms with Gasteiger partial charge in [-0.1, -0.05) is 87.1 Å². The lowest BCUT2D eigenvalue weighted by molar-refractivity contribution is -0.156. The highest BCUT2D eigenvalue weighted by Gasteiger charge is 2.38. The maximum atomic E-state index is 13.8. The van der Waals surface area contributed by atoms with Crippen LogP contribution >= 0.6 is 0 Å². The largest absolute Gasteiger partial charge is 0.482 e. The molecule has 6 heteroatoms. The maximum absolute atomic E-state index is 13.8. The summed E-state index contributed by atoms with van der Waals surface area (Å²) in [6.45, 7) is 16.6. The monoisotopic (exact) mass is 674 g/mol. The Hall–Kier alpha value is -4.58. The molecule has 0 aromatic heterocycles. The van der Waals surface area contributed by atoms with Gasteiger partial charge in [0.15, 0.2) is 0 Å². The van der Waals surface area contributed by atoms with Gasteiger partial charge in [0.1, 0.15) is 34.2 Å². The van der Waals surface area contributed by atoms with Gasteiger partial charge < -0.3 is 18.9 Å². The molecule has 0 bridgehead atoms. The summed E-state index contributed by atoms with van der Waals surface area (Å²) in [5.41, 5.74) is 8.08. The molecular weight excluding hydrogens is 624 g/mol. The lowest BCUT2D eigenvalue weighted by Gasteiger charge is -2.36. The van der Waals surface area contributed by atoms with Gasteiger partial charge in [-0.2, -0.15) is 0 Å². The number of hydrogen-bond acceptors (Lipinski definition) is 6. The van der Waals surface area contributed by atoms with Crippen LogP contribution < -0.4 is 18.9 Å². The highest BCUT2D eigenvalue weighted by molar-refractivity contribution is 6.31. The van der Waals surface area contributed by atoms with Crippen molar-refractivity contribution in [1.29, 1.82) is 0 Å². The fourth-order valence-electron chi connectivity index (χ4n) is 7.31. The predicted molar refractivity (Wildman–Crippen MR) is 198 cm³/mol. The van der Waals surface area contributed by atoms with Crippen molar-refractivity contribution in [1.82, 2.24) is 0 Å². The summed E-state index contributed by atoms with van der Waals surface area (Å²) in [5.74, 6) is -0.329. The summed E-state index contributed by atoms with van der Waals surface area (Å²) in [6.07, 6.45) is 7.92. The molecule has 2 heterocycles. The molecule has 0 N–H and O–H groups in total. The van der Waals surface area contributed by atoms with Gasteiger partial charge in [0, 0.05) is 11.1 Å². The van der Waals surface area contributed by atoms with Gasteiger partial charge >= 0.3 is 11.9 Å². The second-order valence-corrected chi connectivity index (χ2v) is 15.0. The van der Waals surface area contributed by atoms with E-state index in [0.717, 1.165) is 95.9 Å². The Balaban J connectivity index is 1.38. The number of rotatable bonds is 10. The molecule has 0 radical (unpaired) electrons. The summed E-state index contributed by atoms with van der Waals surface area (Å²) in [4.78, 5) is 27.6. The van der Waals surface area contributed by atoms with Crippen LogP contribution in [0.2, 0.25) is 0 Å². The predicted octanol–water partition coefficient (Wildman–Crippen LogP) is 10.9. The lowest BCUT2D eigenvalue weighted by Crippen LogP contribution is -2.31. The summed E-state index contributed by atoms with van der Waals surface area (Å²) in [5, 5.41) is 0. The van der Waals surface area contributed by atoms with Crippen LogP contribution in [0.3, 0.4) is 0 Å². The second-order valence-electron chi connectivity index (χ2n) is 15.0. The van der Waals surface area contributed by atoms with Gasteiger partial charge in [0.05, 0.1) is 11.1 Å². The molecule has 262 valence electrons.